The van der Waals surface area contributed by atoms with Gasteiger partial charge in [0, 0.05) is 5.56 Å². The summed E-state index contributed by atoms with van der Waals surface area (Å²) in [6.45, 7) is 0.308. The Bertz CT molecular complexity index is 845. The second kappa shape index (κ2) is 7.21. The van der Waals surface area contributed by atoms with Crippen molar-refractivity contribution in [2.45, 2.75) is 0 Å². The molecule has 0 aromatic heterocycles. The molecule has 0 unspecified atom stereocenters. The SMILES string of the molecule is N#C/N=C(/Oc1ccccc1)N1CNC(c2ccc(Cl)c(Cl)c2)=N1. The molecule has 0 fully saturated rings. The second-order valence-electron chi connectivity index (χ2n) is 4.72. The van der Waals surface area contributed by atoms with Crippen molar-refractivity contribution in [1.29, 1.82) is 5.26 Å². The van der Waals surface area contributed by atoms with Crippen LogP contribution in [0.15, 0.2) is 58.6 Å². The molecule has 0 spiro atoms. The number of nitrogens with zero attached hydrogens (tertiary/aromatic N) is 4. The summed E-state index contributed by atoms with van der Waals surface area (Å²) in [5.41, 5.74) is 0.767. The van der Waals surface area contributed by atoms with Gasteiger partial charge in [-0.05, 0) is 30.3 Å². The first-order valence-corrected chi connectivity index (χ1v) is 7.68. The molecule has 0 saturated heterocycles. The average Bonchev–Trinajstić information content (AvgIpc) is 3.08. The number of benzene rings is 2. The summed E-state index contributed by atoms with van der Waals surface area (Å²) in [6.07, 6.45) is 1.72. The van der Waals surface area contributed by atoms with Crippen LogP contribution < -0.4 is 10.1 Å². The monoisotopic (exact) mass is 359 g/mol. The Labute approximate surface area is 148 Å². The van der Waals surface area contributed by atoms with Crippen molar-refractivity contribution in [3.63, 3.8) is 0 Å². The van der Waals surface area contributed by atoms with Gasteiger partial charge in [-0.1, -0.05) is 41.4 Å². The zero-order valence-electron chi connectivity index (χ0n) is 12.3. The maximum absolute atomic E-state index is 8.88. The Morgan fingerprint density at radius 2 is 2.00 bits per heavy atom. The van der Waals surface area contributed by atoms with Crippen LogP contribution in [0.5, 0.6) is 5.75 Å². The smallest absolute Gasteiger partial charge is 0.331 e. The van der Waals surface area contributed by atoms with Crippen molar-refractivity contribution in [3.05, 3.63) is 64.1 Å². The molecule has 0 saturated carbocycles. The summed E-state index contributed by atoms with van der Waals surface area (Å²) in [7, 11) is 0. The van der Waals surface area contributed by atoms with Crippen LogP contribution in [0, 0.1) is 11.5 Å². The lowest BCUT2D eigenvalue weighted by molar-refractivity contribution is 0.368. The number of hydrogen-bond donors (Lipinski definition) is 1. The van der Waals surface area contributed by atoms with Gasteiger partial charge in [0.05, 0.1) is 10.0 Å². The fraction of sp³-hybridized carbons (Fsp3) is 0.0625. The third-order valence-corrected chi connectivity index (χ3v) is 3.87. The molecule has 24 heavy (non-hydrogen) atoms. The van der Waals surface area contributed by atoms with Gasteiger partial charge in [-0.2, -0.15) is 10.3 Å². The molecule has 0 amide bonds. The van der Waals surface area contributed by atoms with Crippen LogP contribution in [-0.4, -0.2) is 23.5 Å². The van der Waals surface area contributed by atoms with Crippen LogP contribution >= 0.6 is 23.2 Å². The van der Waals surface area contributed by atoms with E-state index in [1.807, 2.05) is 18.2 Å². The van der Waals surface area contributed by atoms with Crippen LogP contribution in [0.2, 0.25) is 10.0 Å². The molecule has 0 atom stereocenters. The largest absolute Gasteiger partial charge is 0.424 e. The van der Waals surface area contributed by atoms with Crippen molar-refractivity contribution in [2.75, 3.05) is 6.67 Å². The van der Waals surface area contributed by atoms with Gasteiger partial charge >= 0.3 is 6.02 Å². The van der Waals surface area contributed by atoms with Crippen molar-refractivity contribution in [3.8, 4) is 11.9 Å². The topological polar surface area (TPSA) is 73.0 Å². The first kappa shape index (κ1) is 16.1. The number of hydrazone groups is 1. The molecular formula is C16H11Cl2N5O. The number of para-hydroxylation sites is 1. The highest BCUT2D eigenvalue weighted by Gasteiger charge is 2.22. The number of aliphatic imine (C=N–C) groups is 1. The van der Waals surface area contributed by atoms with E-state index in [1.54, 1.807) is 36.5 Å². The minimum atomic E-state index is 0.0752. The van der Waals surface area contributed by atoms with E-state index in [0.717, 1.165) is 5.56 Å². The van der Waals surface area contributed by atoms with E-state index in [9.17, 15) is 0 Å². The third kappa shape index (κ3) is 3.59. The molecule has 2 aromatic rings. The number of ether oxygens (including phenoxy) is 1. The fourth-order valence-electron chi connectivity index (χ4n) is 2.02. The normalized spacial score (nSPS) is 14.0. The number of hydrogen-bond acceptors (Lipinski definition) is 5. The quantitative estimate of drug-likeness (QED) is 0.506. The fourth-order valence-corrected chi connectivity index (χ4v) is 2.32. The highest BCUT2D eigenvalue weighted by Crippen LogP contribution is 2.23. The number of rotatable bonds is 2. The minimum Gasteiger partial charge on any atom is -0.424 e. The highest BCUT2D eigenvalue weighted by molar-refractivity contribution is 6.42. The van der Waals surface area contributed by atoms with E-state index in [0.29, 0.717) is 28.3 Å². The van der Waals surface area contributed by atoms with Crippen molar-refractivity contribution < 1.29 is 4.74 Å². The molecule has 0 aliphatic carbocycles. The lowest BCUT2D eigenvalue weighted by atomic mass is 10.2. The van der Waals surface area contributed by atoms with Crippen molar-refractivity contribution in [1.82, 2.24) is 10.3 Å². The van der Waals surface area contributed by atoms with Gasteiger partial charge in [-0.25, -0.2) is 0 Å². The molecule has 1 heterocycles. The Kier molecular flexibility index (Phi) is 4.85. The average molecular weight is 360 g/mol. The number of nitriles is 1. The van der Waals surface area contributed by atoms with Gasteiger partial charge in [-0.3, -0.25) is 0 Å². The maximum Gasteiger partial charge on any atom is 0.331 e. The first-order valence-electron chi connectivity index (χ1n) is 6.92. The summed E-state index contributed by atoms with van der Waals surface area (Å²) < 4.78 is 5.63. The van der Waals surface area contributed by atoms with Gasteiger partial charge in [0.1, 0.15) is 12.4 Å². The molecule has 6 nitrogen and oxygen atoms in total. The van der Waals surface area contributed by atoms with Crippen LogP contribution in [0.25, 0.3) is 0 Å². The summed E-state index contributed by atoms with van der Waals surface area (Å²) in [4.78, 5) is 3.69. The van der Waals surface area contributed by atoms with Crippen LogP contribution in [0.1, 0.15) is 5.56 Å². The predicted molar refractivity (Wildman–Crippen MR) is 93.0 cm³/mol. The zero-order chi connectivity index (χ0) is 16.9. The Hall–Kier alpha value is -2.75. The molecule has 1 aliphatic heterocycles. The highest BCUT2D eigenvalue weighted by atomic mass is 35.5. The van der Waals surface area contributed by atoms with E-state index in [-0.39, 0.29) is 6.02 Å². The number of amidine groups is 2. The molecular weight excluding hydrogens is 349 g/mol. The molecule has 120 valence electrons. The zero-order valence-corrected chi connectivity index (χ0v) is 13.8. The molecule has 0 bridgehead atoms. The molecule has 1 aliphatic rings. The summed E-state index contributed by atoms with van der Waals surface area (Å²) in [6, 6.07) is 14.3. The predicted octanol–water partition coefficient (Wildman–Crippen LogP) is 3.43. The van der Waals surface area contributed by atoms with E-state index >= 15 is 0 Å². The number of halogens is 2. The van der Waals surface area contributed by atoms with Crippen LogP contribution in [0.3, 0.4) is 0 Å². The van der Waals surface area contributed by atoms with Gasteiger partial charge in [-0.15, -0.1) is 10.1 Å². The molecule has 1 N–H and O–H groups in total. The van der Waals surface area contributed by atoms with Crippen molar-refractivity contribution in [2.24, 2.45) is 10.1 Å². The Morgan fingerprint density at radius 1 is 1.21 bits per heavy atom. The van der Waals surface area contributed by atoms with Crippen LogP contribution in [0.4, 0.5) is 0 Å². The molecule has 3 rings (SSSR count). The van der Waals surface area contributed by atoms with Gasteiger partial charge in [0.2, 0.25) is 6.19 Å². The van der Waals surface area contributed by atoms with E-state index < -0.39 is 0 Å². The maximum atomic E-state index is 8.88. The van der Waals surface area contributed by atoms with E-state index in [2.05, 4.69) is 15.4 Å². The second-order valence-corrected chi connectivity index (χ2v) is 5.54. The standard InChI is InChI=1S/C16H11Cl2N5O/c17-13-7-6-11(8-14(13)18)15-21-10-23(22-15)16(20-9-19)24-12-4-2-1-3-5-12/h1-8H,10H2,(H,21,22)/b20-16+. The van der Waals surface area contributed by atoms with Gasteiger partial charge in [0.15, 0.2) is 5.84 Å². The summed E-state index contributed by atoms with van der Waals surface area (Å²) in [5, 5.41) is 18.7. The van der Waals surface area contributed by atoms with E-state index in [4.69, 9.17) is 33.2 Å². The lowest BCUT2D eigenvalue weighted by Crippen LogP contribution is -2.32. The van der Waals surface area contributed by atoms with E-state index in [1.165, 1.54) is 5.01 Å². The first-order chi connectivity index (χ1) is 11.7. The van der Waals surface area contributed by atoms with Gasteiger partial charge in [0.25, 0.3) is 0 Å². The van der Waals surface area contributed by atoms with Crippen LogP contribution in [-0.2, 0) is 0 Å². The Morgan fingerprint density at radius 3 is 2.71 bits per heavy atom. The molecule has 0 radical (unpaired) electrons. The minimum absolute atomic E-state index is 0.0752. The van der Waals surface area contributed by atoms with Crippen molar-refractivity contribution >= 4 is 35.1 Å². The molecule has 2 aromatic carbocycles. The lowest BCUT2D eigenvalue weighted by Gasteiger charge is -2.14. The third-order valence-electron chi connectivity index (χ3n) is 3.13. The Balaban J connectivity index is 1.83. The van der Waals surface area contributed by atoms with Gasteiger partial charge < -0.3 is 10.1 Å². The summed E-state index contributed by atoms with van der Waals surface area (Å²) >= 11 is 11.9. The summed E-state index contributed by atoms with van der Waals surface area (Å²) in [5.74, 6) is 1.14. The number of nitrogens with one attached hydrogen (secondary N) is 1. The molecule has 8 heteroatoms.